The Morgan fingerprint density at radius 1 is 1.25 bits per heavy atom. The van der Waals surface area contributed by atoms with Crippen LogP contribution in [0.2, 0.25) is 0 Å². The average Bonchev–Trinajstić information content (AvgIpc) is 3.60. The van der Waals surface area contributed by atoms with Gasteiger partial charge in [-0.15, -0.1) is 22.7 Å². The largest absolute Gasteiger partial charge is 0.340 e. The lowest BCUT2D eigenvalue weighted by Gasteiger charge is -2.29. The maximum absolute atomic E-state index is 13.7. The fourth-order valence-electron chi connectivity index (χ4n) is 4.98. The Balaban J connectivity index is 1.36. The van der Waals surface area contributed by atoms with E-state index in [1.165, 1.54) is 45.1 Å². The first-order valence-electron chi connectivity index (χ1n) is 11.7. The van der Waals surface area contributed by atoms with E-state index in [0.29, 0.717) is 17.7 Å². The Kier molecular flexibility index (Phi) is 6.70. The Morgan fingerprint density at radius 2 is 2.06 bits per heavy atom. The molecule has 36 heavy (non-hydrogen) atoms. The Morgan fingerprint density at radius 3 is 2.75 bits per heavy atom. The highest BCUT2D eigenvalue weighted by Crippen LogP contribution is 2.35. The van der Waals surface area contributed by atoms with Crippen LogP contribution in [-0.4, -0.2) is 71.4 Å². The van der Waals surface area contributed by atoms with Crippen LogP contribution >= 0.6 is 22.7 Å². The maximum atomic E-state index is 13.7. The quantitative estimate of drug-likeness (QED) is 0.487. The lowest BCUT2D eigenvalue weighted by Crippen LogP contribution is -2.52. The molecular weight excluding hydrogens is 520 g/mol. The molecule has 0 saturated carbocycles. The fraction of sp³-hybridized carbons (Fsp3) is 0.417. The van der Waals surface area contributed by atoms with Gasteiger partial charge in [0.05, 0.1) is 17.5 Å². The number of rotatable bonds is 7. The second kappa shape index (κ2) is 9.66. The minimum atomic E-state index is -3.93. The molecule has 2 amide bonds. The molecule has 2 fully saturated rings. The number of amides is 2. The lowest BCUT2D eigenvalue weighted by atomic mass is 10.0. The van der Waals surface area contributed by atoms with E-state index >= 15 is 0 Å². The summed E-state index contributed by atoms with van der Waals surface area (Å²) in [4.78, 5) is 45.6. The number of Topliss-reactive ketones (excluding diaryl/α,β-unsaturated/α-hetero) is 1. The second-order valence-electron chi connectivity index (χ2n) is 9.45. The van der Waals surface area contributed by atoms with E-state index in [4.69, 9.17) is 0 Å². The van der Waals surface area contributed by atoms with Crippen molar-refractivity contribution in [3.8, 4) is 0 Å². The molecule has 3 aromatic rings. The minimum absolute atomic E-state index is 0.0176. The average molecular weight is 547 g/mol. The number of carbonyl (C=O) groups excluding carboxylic acids is 3. The first-order chi connectivity index (χ1) is 17.2. The summed E-state index contributed by atoms with van der Waals surface area (Å²) >= 11 is 2.93. The molecule has 3 unspecified atom stereocenters. The number of aromatic nitrogens is 1. The number of nitrogens with zero attached hydrogens (tertiary/aromatic N) is 3. The summed E-state index contributed by atoms with van der Waals surface area (Å²) in [5.41, 5.74) is 0. The van der Waals surface area contributed by atoms with Crippen LogP contribution in [0.5, 0.6) is 0 Å². The highest BCUT2D eigenvalue weighted by Gasteiger charge is 2.54. The van der Waals surface area contributed by atoms with Crippen LogP contribution < -0.4 is 5.32 Å². The fourth-order valence-corrected chi connectivity index (χ4v) is 8.58. The van der Waals surface area contributed by atoms with Gasteiger partial charge in [0, 0.05) is 28.3 Å². The molecule has 2 aliphatic heterocycles. The summed E-state index contributed by atoms with van der Waals surface area (Å²) in [5.74, 6) is -0.869. The number of likely N-dealkylation sites (tertiary alicyclic amines) is 1. The number of sulfonamides is 1. The molecular formula is C24H26N4O5S3. The number of nitrogens with one attached hydrogen (secondary N) is 1. The van der Waals surface area contributed by atoms with Crippen LogP contribution in [0.3, 0.4) is 0 Å². The molecule has 5 heterocycles. The molecule has 5 rings (SSSR count). The van der Waals surface area contributed by atoms with Gasteiger partial charge in [-0.2, -0.15) is 4.31 Å². The number of hydrogen-bond donors (Lipinski definition) is 1. The SMILES string of the molecule is CC(C)CC(NC(=O)c1cc2sccc2s1)C(=O)N1CCC2C1C(=O)CN2S(=O)(=O)c1cccnc1. The van der Waals surface area contributed by atoms with Gasteiger partial charge in [-0.1, -0.05) is 13.8 Å². The predicted molar refractivity (Wildman–Crippen MR) is 137 cm³/mol. The zero-order valence-electron chi connectivity index (χ0n) is 19.8. The molecule has 0 radical (unpaired) electrons. The summed E-state index contributed by atoms with van der Waals surface area (Å²) in [6.07, 6.45) is 3.50. The van der Waals surface area contributed by atoms with E-state index in [0.717, 1.165) is 9.40 Å². The standard InChI is InChI=1S/C24H26N4O5S3/c1-14(2)10-16(26-23(30)21-11-20-19(35-21)6-9-34-20)24(31)27-8-5-17-22(27)18(29)13-28(17)36(32,33)15-4-3-7-25-12-15/h3-4,6-7,9,11-12,14,16-17,22H,5,8,10,13H2,1-2H3,(H,26,30). The molecule has 9 nitrogen and oxygen atoms in total. The highest BCUT2D eigenvalue weighted by atomic mass is 32.2. The van der Waals surface area contributed by atoms with Gasteiger partial charge in [-0.05, 0) is 48.4 Å². The zero-order chi connectivity index (χ0) is 25.6. The predicted octanol–water partition coefficient (Wildman–Crippen LogP) is 2.75. The molecule has 0 aliphatic carbocycles. The van der Waals surface area contributed by atoms with E-state index in [1.54, 1.807) is 11.3 Å². The first kappa shape index (κ1) is 25.0. The van der Waals surface area contributed by atoms with Crippen molar-refractivity contribution < 1.29 is 22.8 Å². The third-order valence-electron chi connectivity index (χ3n) is 6.58. The minimum Gasteiger partial charge on any atom is -0.340 e. The molecule has 12 heteroatoms. The van der Waals surface area contributed by atoms with Crippen molar-refractivity contribution in [1.82, 2.24) is 19.5 Å². The zero-order valence-corrected chi connectivity index (χ0v) is 22.2. The first-order valence-corrected chi connectivity index (χ1v) is 14.8. The van der Waals surface area contributed by atoms with E-state index < -0.39 is 28.1 Å². The third kappa shape index (κ3) is 4.47. The van der Waals surface area contributed by atoms with Gasteiger partial charge in [0.25, 0.3) is 5.91 Å². The van der Waals surface area contributed by atoms with Gasteiger partial charge in [0.15, 0.2) is 5.78 Å². The Hall–Kier alpha value is -2.67. The molecule has 3 atom stereocenters. The molecule has 0 spiro atoms. The highest BCUT2D eigenvalue weighted by molar-refractivity contribution is 7.89. The van der Waals surface area contributed by atoms with Crippen molar-refractivity contribution in [3.05, 3.63) is 46.9 Å². The molecule has 0 aromatic carbocycles. The van der Waals surface area contributed by atoms with Gasteiger partial charge in [-0.25, -0.2) is 8.42 Å². The second-order valence-corrected chi connectivity index (χ2v) is 13.4. The molecule has 3 aromatic heterocycles. The summed E-state index contributed by atoms with van der Waals surface area (Å²) in [6.45, 7) is 3.88. The normalized spacial score (nSPS) is 21.3. The van der Waals surface area contributed by atoms with Crippen molar-refractivity contribution in [1.29, 1.82) is 0 Å². The van der Waals surface area contributed by atoms with Gasteiger partial charge in [0.1, 0.15) is 17.0 Å². The maximum Gasteiger partial charge on any atom is 0.262 e. The topological polar surface area (TPSA) is 117 Å². The summed E-state index contributed by atoms with van der Waals surface area (Å²) in [7, 11) is -3.93. The smallest absolute Gasteiger partial charge is 0.262 e. The van der Waals surface area contributed by atoms with Crippen molar-refractivity contribution in [2.45, 2.75) is 49.7 Å². The van der Waals surface area contributed by atoms with Crippen molar-refractivity contribution in [3.63, 3.8) is 0 Å². The number of pyridine rings is 1. The summed E-state index contributed by atoms with van der Waals surface area (Å²) in [5, 5.41) is 4.85. The van der Waals surface area contributed by atoms with E-state index in [-0.39, 0.29) is 41.5 Å². The van der Waals surface area contributed by atoms with Gasteiger partial charge < -0.3 is 10.2 Å². The van der Waals surface area contributed by atoms with E-state index in [1.807, 2.05) is 31.4 Å². The van der Waals surface area contributed by atoms with Crippen LogP contribution in [-0.2, 0) is 19.6 Å². The van der Waals surface area contributed by atoms with Crippen LogP contribution in [0.25, 0.3) is 9.40 Å². The van der Waals surface area contributed by atoms with Crippen molar-refractivity contribution in [2.24, 2.45) is 5.92 Å². The van der Waals surface area contributed by atoms with Crippen LogP contribution in [0, 0.1) is 5.92 Å². The van der Waals surface area contributed by atoms with Gasteiger partial charge in [-0.3, -0.25) is 19.4 Å². The molecule has 2 aliphatic rings. The number of ketones is 1. The molecule has 2 saturated heterocycles. The lowest BCUT2D eigenvalue weighted by molar-refractivity contribution is -0.138. The van der Waals surface area contributed by atoms with Crippen LogP contribution in [0.4, 0.5) is 0 Å². The molecule has 0 bridgehead atoms. The summed E-state index contributed by atoms with van der Waals surface area (Å²) in [6, 6.07) is 4.45. The third-order valence-corrected chi connectivity index (χ3v) is 10.5. The monoisotopic (exact) mass is 546 g/mol. The van der Waals surface area contributed by atoms with Gasteiger partial charge in [0.2, 0.25) is 15.9 Å². The summed E-state index contributed by atoms with van der Waals surface area (Å²) < 4.78 is 29.6. The van der Waals surface area contributed by atoms with Crippen molar-refractivity contribution in [2.75, 3.05) is 13.1 Å². The number of carbonyl (C=O) groups is 3. The van der Waals surface area contributed by atoms with Crippen LogP contribution in [0.15, 0.2) is 46.9 Å². The molecule has 1 N–H and O–H groups in total. The number of hydrogen-bond acceptors (Lipinski definition) is 8. The Bertz CT molecular complexity index is 1390. The van der Waals surface area contributed by atoms with E-state index in [9.17, 15) is 22.8 Å². The van der Waals surface area contributed by atoms with Crippen molar-refractivity contribution >= 4 is 59.7 Å². The van der Waals surface area contributed by atoms with Crippen LogP contribution in [0.1, 0.15) is 36.4 Å². The molecule has 190 valence electrons. The van der Waals surface area contributed by atoms with Gasteiger partial charge >= 0.3 is 0 Å². The van der Waals surface area contributed by atoms with E-state index in [2.05, 4.69) is 10.3 Å². The number of fused-ring (bicyclic) bond motifs is 2. The number of thiophene rings is 2. The Labute approximate surface area is 217 Å².